The summed E-state index contributed by atoms with van der Waals surface area (Å²) in [7, 11) is 0. The monoisotopic (exact) mass is 916 g/mol. The van der Waals surface area contributed by atoms with Gasteiger partial charge in [0.2, 0.25) is 0 Å². The van der Waals surface area contributed by atoms with Crippen LogP contribution in [0.4, 0.5) is 0 Å². The molecule has 0 aliphatic carbocycles. The maximum Gasteiger partial charge on any atom is 0.164 e. The van der Waals surface area contributed by atoms with E-state index in [0.717, 1.165) is 75.7 Å². The molecule has 0 aliphatic rings. The molecule has 0 saturated carbocycles. The zero-order chi connectivity index (χ0) is 37.5. The Bertz CT molecular complexity index is 2220. The van der Waals surface area contributed by atoms with Crippen molar-refractivity contribution >= 4 is 69.8 Å². The third kappa shape index (κ3) is 7.97. The summed E-state index contributed by atoms with van der Waals surface area (Å²) in [6.07, 6.45) is 7.37. The maximum absolute atomic E-state index is 12.2. The number of ketones is 1. The summed E-state index contributed by atoms with van der Waals surface area (Å²) < 4.78 is 9.05. The van der Waals surface area contributed by atoms with Crippen molar-refractivity contribution in [1.82, 2.24) is 9.97 Å². The molecular weight excluding hydrogens is 861 g/mol. The average Bonchev–Trinajstić information content (AvgIpc) is 3.81. The fraction of sp³-hybridized carbons (Fsp3) is 0.477. The Kier molecular flexibility index (Phi) is 13.1. The van der Waals surface area contributed by atoms with Gasteiger partial charge in [0.1, 0.15) is 28.3 Å². The van der Waals surface area contributed by atoms with E-state index < -0.39 is 0 Å². The number of thiophene rings is 2. The van der Waals surface area contributed by atoms with E-state index in [4.69, 9.17) is 9.40 Å². The standard InChI is InChI=1S/C29H27N2OS2.C15H28O2.Ir/c1-15(2)11-21-16(3)19-7-8-22-23(26(19)32-21)24-25(30-14-31-28(24)34-22)18-12-17-9-10-33-27(17)20(13-18)29(4,5)6;1-7-14(5,8-2)12(16)11-13(17)15(6,9-3)10-4;/h7-10,13-15H,11H2,1-6H3;11,16H,7-10H2,1-6H3;/q-1;;/b;12-11-;. The van der Waals surface area contributed by atoms with E-state index in [0.29, 0.717) is 5.92 Å². The van der Waals surface area contributed by atoms with Crippen LogP contribution in [-0.2, 0) is 36.7 Å². The summed E-state index contributed by atoms with van der Waals surface area (Å²) in [5.74, 6) is 1.90. The summed E-state index contributed by atoms with van der Waals surface area (Å²) >= 11 is 3.49. The first-order valence-electron chi connectivity index (χ1n) is 18.5. The molecule has 0 amide bonds. The van der Waals surface area contributed by atoms with Crippen LogP contribution >= 0.6 is 22.7 Å². The molecule has 6 aromatic rings. The van der Waals surface area contributed by atoms with Crippen LogP contribution in [0.1, 0.15) is 119 Å². The first kappa shape index (κ1) is 41.8. The Morgan fingerprint density at radius 3 is 2.21 bits per heavy atom. The van der Waals surface area contributed by atoms with Gasteiger partial charge in [-0.15, -0.1) is 34.9 Å². The Hall–Kier alpha value is -2.90. The molecule has 8 heteroatoms. The van der Waals surface area contributed by atoms with Crippen molar-refractivity contribution in [2.45, 2.75) is 121 Å². The number of aliphatic hydroxyl groups excluding tert-OH is 1. The fourth-order valence-corrected chi connectivity index (χ4v) is 8.68. The van der Waals surface area contributed by atoms with Crippen molar-refractivity contribution in [2.24, 2.45) is 16.7 Å². The van der Waals surface area contributed by atoms with Crippen LogP contribution in [0.2, 0.25) is 0 Å². The zero-order valence-corrected chi connectivity index (χ0v) is 37.0. The molecule has 0 unspecified atom stereocenters. The number of furan rings is 1. The van der Waals surface area contributed by atoms with Crippen LogP contribution in [0, 0.1) is 29.7 Å². The van der Waals surface area contributed by atoms with Crippen molar-refractivity contribution < 1.29 is 34.4 Å². The first-order chi connectivity index (χ1) is 24.0. The number of carbonyl (C=O) groups excluding carboxylic acids is 1. The number of carbonyl (C=O) groups is 1. The predicted molar refractivity (Wildman–Crippen MR) is 219 cm³/mol. The van der Waals surface area contributed by atoms with Gasteiger partial charge in [0.25, 0.3) is 0 Å². The van der Waals surface area contributed by atoms with Crippen LogP contribution in [0.25, 0.3) is 52.6 Å². The summed E-state index contributed by atoms with van der Waals surface area (Å²) in [5.41, 5.74) is 4.90. The molecular formula is C44H55IrN2O3S2-. The van der Waals surface area contributed by atoms with Gasteiger partial charge in [-0.25, -0.2) is 4.98 Å². The first-order valence-corrected chi connectivity index (χ1v) is 20.2. The molecule has 0 bridgehead atoms. The second-order valence-corrected chi connectivity index (χ2v) is 18.0. The number of allylic oxidation sites excluding steroid dienone is 2. The third-order valence-corrected chi connectivity index (χ3v) is 13.2. The normalized spacial score (nSPS) is 12.9. The van der Waals surface area contributed by atoms with E-state index in [1.165, 1.54) is 32.0 Å². The van der Waals surface area contributed by atoms with Gasteiger partial charge >= 0.3 is 0 Å². The number of benzene rings is 2. The second-order valence-electron chi connectivity index (χ2n) is 16.0. The molecule has 1 N–H and O–H groups in total. The molecule has 1 radical (unpaired) electrons. The van der Waals surface area contributed by atoms with E-state index in [-0.39, 0.29) is 47.9 Å². The van der Waals surface area contributed by atoms with E-state index in [9.17, 15) is 9.90 Å². The van der Waals surface area contributed by atoms with Gasteiger partial charge in [0.15, 0.2) is 5.78 Å². The van der Waals surface area contributed by atoms with Crippen molar-refractivity contribution in [1.29, 1.82) is 0 Å². The Morgan fingerprint density at radius 1 is 0.962 bits per heavy atom. The van der Waals surface area contributed by atoms with Crippen LogP contribution < -0.4 is 0 Å². The molecule has 4 aromatic heterocycles. The summed E-state index contributed by atoms with van der Waals surface area (Å²) in [6, 6.07) is 12.5. The molecule has 0 fully saturated rings. The van der Waals surface area contributed by atoms with E-state index >= 15 is 0 Å². The number of hydrogen-bond donors (Lipinski definition) is 1. The SMILES string of the molecule is CCC(C)(CC)C(=O)/C=C(\O)C(C)(CC)CC.Cc1c(CC(C)C)oc2c1ccc1sc3ncnc(-c4[c-]c5ccsc5c(C(C)(C)C)c4)c3c12.[Ir]. The van der Waals surface area contributed by atoms with Crippen LogP contribution in [-0.4, -0.2) is 20.9 Å². The topological polar surface area (TPSA) is 76.2 Å². The predicted octanol–water partition coefficient (Wildman–Crippen LogP) is 13.7. The summed E-state index contributed by atoms with van der Waals surface area (Å²) in [6.45, 7) is 25.5. The Morgan fingerprint density at radius 2 is 1.62 bits per heavy atom. The van der Waals surface area contributed by atoms with Gasteiger partial charge in [-0.05, 0) is 71.7 Å². The average molecular weight is 916 g/mol. The minimum Gasteiger partial charge on any atom is -0.512 e. The number of nitrogens with zero attached hydrogens (tertiary/aromatic N) is 2. The fourth-order valence-electron chi connectivity index (χ4n) is 6.56. The number of hydrogen-bond acceptors (Lipinski definition) is 7. The minimum atomic E-state index is -0.337. The molecule has 0 spiro atoms. The molecule has 2 aromatic carbocycles. The Labute approximate surface area is 331 Å². The number of aliphatic hydroxyl groups is 1. The number of aryl methyl sites for hydroxylation is 1. The van der Waals surface area contributed by atoms with Crippen molar-refractivity contribution in [3.8, 4) is 11.3 Å². The van der Waals surface area contributed by atoms with Gasteiger partial charge in [-0.3, -0.25) is 9.78 Å². The third-order valence-electron chi connectivity index (χ3n) is 11.2. The number of fused-ring (bicyclic) bond motifs is 6. The zero-order valence-electron chi connectivity index (χ0n) is 33.0. The van der Waals surface area contributed by atoms with Gasteiger partial charge in [0, 0.05) is 70.0 Å². The Balaban J connectivity index is 0.000000289. The minimum absolute atomic E-state index is 0. The number of aromatic nitrogens is 2. The van der Waals surface area contributed by atoms with Gasteiger partial charge in [-0.1, -0.05) is 87.3 Å². The quantitative estimate of drug-likeness (QED) is 0.0842. The van der Waals surface area contributed by atoms with Gasteiger partial charge in [0.05, 0.1) is 0 Å². The van der Waals surface area contributed by atoms with Crippen LogP contribution in [0.3, 0.4) is 0 Å². The van der Waals surface area contributed by atoms with Crippen molar-refractivity contribution in [3.05, 3.63) is 70.8 Å². The van der Waals surface area contributed by atoms with E-state index in [1.54, 1.807) is 29.0 Å². The smallest absolute Gasteiger partial charge is 0.164 e. The van der Waals surface area contributed by atoms with Gasteiger partial charge in [-0.2, -0.15) is 11.3 Å². The van der Waals surface area contributed by atoms with Gasteiger partial charge < -0.3 is 9.52 Å². The summed E-state index contributed by atoms with van der Waals surface area (Å²) in [5, 5.41) is 16.8. The van der Waals surface area contributed by atoms with Crippen molar-refractivity contribution in [3.63, 3.8) is 0 Å². The molecule has 4 heterocycles. The molecule has 52 heavy (non-hydrogen) atoms. The maximum atomic E-state index is 12.2. The van der Waals surface area contributed by atoms with Crippen molar-refractivity contribution in [2.75, 3.05) is 0 Å². The molecule has 0 saturated heterocycles. The summed E-state index contributed by atoms with van der Waals surface area (Å²) in [4.78, 5) is 22.7. The van der Waals surface area contributed by atoms with Crippen LogP contribution in [0.15, 0.2) is 52.2 Å². The largest absolute Gasteiger partial charge is 0.512 e. The molecule has 5 nitrogen and oxygen atoms in total. The van der Waals surface area contributed by atoms with Crippen LogP contribution in [0.5, 0.6) is 0 Å². The van der Waals surface area contributed by atoms with E-state index in [2.05, 4.69) is 82.2 Å². The van der Waals surface area contributed by atoms with E-state index in [1.807, 2.05) is 41.5 Å². The molecule has 281 valence electrons. The molecule has 6 rings (SSSR count). The number of rotatable bonds is 10. The molecule has 0 aliphatic heterocycles. The second kappa shape index (κ2) is 16.2. The molecule has 0 atom stereocenters.